The van der Waals surface area contributed by atoms with Gasteiger partial charge in [0.15, 0.2) is 0 Å². The van der Waals surface area contributed by atoms with Crippen molar-refractivity contribution >= 4 is 0 Å². The Morgan fingerprint density at radius 3 is 2.62 bits per heavy atom. The molecule has 0 saturated heterocycles. The molecule has 4 bridgehead atoms. The van der Waals surface area contributed by atoms with Crippen LogP contribution in [0.1, 0.15) is 46.5 Å². The summed E-state index contributed by atoms with van der Waals surface area (Å²) in [6.07, 6.45) is 5.57. The molecule has 0 spiro atoms. The maximum atomic E-state index is 9.58. The van der Waals surface area contributed by atoms with E-state index in [4.69, 9.17) is 0 Å². The molecule has 4 aliphatic carbocycles. The molecule has 6 unspecified atom stereocenters. The van der Waals surface area contributed by atoms with E-state index < -0.39 is 0 Å². The summed E-state index contributed by atoms with van der Waals surface area (Å²) in [6.45, 7) is 7.75. The Kier molecular flexibility index (Phi) is 2.41. The predicted molar refractivity (Wildman–Crippen MR) is 65.9 cm³/mol. The monoisotopic (exact) mass is 222 g/mol. The minimum absolute atomic E-state index is 0.439. The van der Waals surface area contributed by atoms with Gasteiger partial charge in [0.2, 0.25) is 0 Å². The highest BCUT2D eigenvalue weighted by atomic mass is 16.3. The van der Waals surface area contributed by atoms with Gasteiger partial charge in [-0.3, -0.25) is 0 Å². The van der Waals surface area contributed by atoms with E-state index in [2.05, 4.69) is 20.8 Å². The molecule has 0 aromatic heterocycles. The van der Waals surface area contributed by atoms with Crippen LogP contribution in [0.2, 0.25) is 0 Å². The first-order chi connectivity index (χ1) is 7.59. The van der Waals surface area contributed by atoms with Gasteiger partial charge < -0.3 is 5.11 Å². The van der Waals surface area contributed by atoms with Crippen molar-refractivity contribution in [1.29, 1.82) is 0 Å². The largest absolute Gasteiger partial charge is 0.396 e. The molecular weight excluding hydrogens is 196 g/mol. The topological polar surface area (TPSA) is 20.2 Å². The lowest BCUT2D eigenvalue weighted by Gasteiger charge is -2.72. The second-order valence-electron chi connectivity index (χ2n) is 7.18. The van der Waals surface area contributed by atoms with Gasteiger partial charge in [0.1, 0.15) is 0 Å². The molecule has 4 rings (SSSR count). The van der Waals surface area contributed by atoms with Crippen LogP contribution in [0.3, 0.4) is 0 Å². The van der Waals surface area contributed by atoms with Crippen molar-refractivity contribution in [2.45, 2.75) is 46.5 Å². The van der Waals surface area contributed by atoms with Crippen molar-refractivity contribution in [3.63, 3.8) is 0 Å². The highest BCUT2D eigenvalue weighted by Gasteiger charge is 2.67. The van der Waals surface area contributed by atoms with E-state index >= 15 is 0 Å². The predicted octanol–water partition coefficient (Wildman–Crippen LogP) is 3.32. The average molecular weight is 222 g/mol. The number of hydrogen-bond acceptors (Lipinski definition) is 1. The van der Waals surface area contributed by atoms with E-state index in [0.717, 1.165) is 29.6 Å². The highest BCUT2D eigenvalue weighted by Crippen LogP contribution is 2.73. The summed E-state index contributed by atoms with van der Waals surface area (Å²) >= 11 is 0. The SMILES string of the molecule is CC(C)C1CCC2(C)C3CCC(CO)C2C13. The third-order valence-corrected chi connectivity index (χ3v) is 6.45. The summed E-state index contributed by atoms with van der Waals surface area (Å²) in [6, 6.07) is 0. The Bertz CT molecular complexity index is 283. The van der Waals surface area contributed by atoms with E-state index in [1.54, 1.807) is 0 Å². The van der Waals surface area contributed by atoms with Gasteiger partial charge >= 0.3 is 0 Å². The van der Waals surface area contributed by atoms with Gasteiger partial charge in [-0.15, -0.1) is 0 Å². The van der Waals surface area contributed by atoms with E-state index in [1.165, 1.54) is 25.7 Å². The first kappa shape index (κ1) is 11.1. The van der Waals surface area contributed by atoms with Crippen LogP contribution in [0.15, 0.2) is 0 Å². The molecule has 6 atom stereocenters. The summed E-state index contributed by atoms with van der Waals surface area (Å²) in [5.74, 6) is 5.24. The molecule has 92 valence electrons. The van der Waals surface area contributed by atoms with Crippen LogP contribution in [0.5, 0.6) is 0 Å². The van der Waals surface area contributed by atoms with E-state index in [1.807, 2.05) is 0 Å². The molecule has 16 heavy (non-hydrogen) atoms. The number of aliphatic hydroxyl groups is 1. The number of aliphatic hydroxyl groups excluding tert-OH is 1. The zero-order valence-corrected chi connectivity index (χ0v) is 10.9. The Labute approximate surface area is 99.6 Å². The van der Waals surface area contributed by atoms with Crippen LogP contribution in [0, 0.1) is 40.9 Å². The molecule has 0 aliphatic heterocycles. The minimum Gasteiger partial charge on any atom is -0.396 e. The second-order valence-corrected chi connectivity index (χ2v) is 7.18. The first-order valence-electron chi connectivity index (χ1n) is 7.20. The molecule has 0 aromatic rings. The van der Waals surface area contributed by atoms with Gasteiger partial charge in [0, 0.05) is 6.61 Å². The van der Waals surface area contributed by atoms with Crippen LogP contribution in [0.4, 0.5) is 0 Å². The molecule has 0 amide bonds. The standard InChI is InChI=1S/C15H26O/c1-9(2)11-6-7-15(3)12-5-4-10(8-16)14(15)13(11)12/h9-14,16H,4-8H2,1-3H3. The van der Waals surface area contributed by atoms with Crippen LogP contribution in [0.25, 0.3) is 0 Å². The maximum absolute atomic E-state index is 9.58. The van der Waals surface area contributed by atoms with Gasteiger partial charge in [-0.25, -0.2) is 0 Å². The van der Waals surface area contributed by atoms with Crippen molar-refractivity contribution in [2.75, 3.05) is 6.61 Å². The van der Waals surface area contributed by atoms with Crippen molar-refractivity contribution in [3.8, 4) is 0 Å². The van der Waals surface area contributed by atoms with Gasteiger partial charge in [0.05, 0.1) is 0 Å². The van der Waals surface area contributed by atoms with Crippen LogP contribution in [-0.4, -0.2) is 11.7 Å². The third kappa shape index (κ3) is 1.16. The van der Waals surface area contributed by atoms with Crippen LogP contribution >= 0.6 is 0 Å². The minimum atomic E-state index is 0.439. The average Bonchev–Trinajstić information content (AvgIpc) is 2.29. The van der Waals surface area contributed by atoms with E-state index in [0.29, 0.717) is 17.9 Å². The fraction of sp³-hybridized carbons (Fsp3) is 1.00. The van der Waals surface area contributed by atoms with Gasteiger partial charge in [-0.05, 0) is 66.6 Å². The molecule has 0 aromatic carbocycles. The normalized spacial score (nSPS) is 54.9. The Hall–Kier alpha value is -0.0400. The van der Waals surface area contributed by atoms with Crippen LogP contribution < -0.4 is 0 Å². The quantitative estimate of drug-likeness (QED) is 0.760. The van der Waals surface area contributed by atoms with Gasteiger partial charge in [0.25, 0.3) is 0 Å². The Balaban J connectivity index is 1.88. The molecule has 4 fully saturated rings. The molecule has 1 heteroatoms. The molecule has 0 heterocycles. The summed E-state index contributed by atoms with van der Waals surface area (Å²) in [4.78, 5) is 0. The number of fused-ring (bicyclic) bond motifs is 2. The van der Waals surface area contributed by atoms with E-state index in [-0.39, 0.29) is 0 Å². The summed E-state index contributed by atoms with van der Waals surface area (Å²) in [5.41, 5.74) is 0.613. The van der Waals surface area contributed by atoms with E-state index in [9.17, 15) is 5.11 Å². The third-order valence-electron chi connectivity index (χ3n) is 6.45. The summed E-state index contributed by atoms with van der Waals surface area (Å²) in [5, 5.41) is 9.58. The Morgan fingerprint density at radius 1 is 1.25 bits per heavy atom. The summed E-state index contributed by atoms with van der Waals surface area (Å²) in [7, 11) is 0. The number of hydrogen-bond donors (Lipinski definition) is 1. The maximum Gasteiger partial charge on any atom is 0.0462 e. The summed E-state index contributed by atoms with van der Waals surface area (Å²) < 4.78 is 0. The molecule has 4 saturated carbocycles. The van der Waals surface area contributed by atoms with Crippen LogP contribution in [-0.2, 0) is 0 Å². The highest BCUT2D eigenvalue weighted by molar-refractivity contribution is 5.15. The second kappa shape index (κ2) is 3.48. The van der Waals surface area contributed by atoms with Crippen molar-refractivity contribution in [2.24, 2.45) is 40.9 Å². The zero-order chi connectivity index (χ0) is 11.5. The fourth-order valence-corrected chi connectivity index (χ4v) is 5.78. The Morgan fingerprint density at radius 2 is 2.00 bits per heavy atom. The van der Waals surface area contributed by atoms with Crippen molar-refractivity contribution < 1.29 is 5.11 Å². The lowest BCUT2D eigenvalue weighted by atomic mass is 9.32. The van der Waals surface area contributed by atoms with Crippen molar-refractivity contribution in [3.05, 3.63) is 0 Å². The first-order valence-corrected chi connectivity index (χ1v) is 7.20. The number of rotatable bonds is 2. The fourth-order valence-electron chi connectivity index (χ4n) is 5.78. The van der Waals surface area contributed by atoms with Crippen molar-refractivity contribution in [1.82, 2.24) is 0 Å². The molecule has 1 nitrogen and oxygen atoms in total. The molecular formula is C15H26O. The molecule has 1 N–H and O–H groups in total. The lowest BCUT2D eigenvalue weighted by molar-refractivity contribution is -0.247. The van der Waals surface area contributed by atoms with Gasteiger partial charge in [-0.2, -0.15) is 0 Å². The molecule has 0 radical (unpaired) electrons. The smallest absolute Gasteiger partial charge is 0.0462 e. The van der Waals surface area contributed by atoms with Gasteiger partial charge in [-0.1, -0.05) is 20.8 Å². The molecule has 4 aliphatic rings. The zero-order valence-electron chi connectivity index (χ0n) is 10.9. The lowest BCUT2D eigenvalue weighted by Crippen LogP contribution is -2.67.